The predicted octanol–water partition coefficient (Wildman–Crippen LogP) is 2.19. The van der Waals surface area contributed by atoms with Crippen molar-refractivity contribution in [3.05, 3.63) is 12.7 Å². The first-order valence-corrected chi connectivity index (χ1v) is 6.89. The summed E-state index contributed by atoms with van der Waals surface area (Å²) in [6.07, 6.45) is 3.64. The van der Waals surface area contributed by atoms with Crippen molar-refractivity contribution in [2.75, 3.05) is 26.2 Å². The third-order valence-electron chi connectivity index (χ3n) is 3.98. The Balaban J connectivity index is 2.81. The number of hydrogen-bond donors (Lipinski definition) is 1. The number of carboxylic acid groups (broad SMARTS) is 1. The van der Waals surface area contributed by atoms with Crippen molar-refractivity contribution in [3.8, 4) is 0 Å². The van der Waals surface area contributed by atoms with E-state index < -0.39 is 11.4 Å². The molecule has 1 heterocycles. The van der Waals surface area contributed by atoms with Crippen LogP contribution >= 0.6 is 0 Å². The molecule has 1 aliphatic heterocycles. The third-order valence-corrected chi connectivity index (χ3v) is 3.98. The molecule has 1 atom stereocenters. The van der Waals surface area contributed by atoms with Crippen molar-refractivity contribution in [3.63, 3.8) is 0 Å². The minimum atomic E-state index is -0.792. The van der Waals surface area contributed by atoms with Crippen LogP contribution in [0.3, 0.4) is 0 Å². The number of carboxylic acids is 1. The lowest BCUT2D eigenvalue weighted by molar-refractivity contribution is -0.152. The molecule has 108 valence electrons. The molecule has 0 aliphatic carbocycles. The Bertz CT molecular complexity index is 357. The Morgan fingerprint density at radius 1 is 1.47 bits per heavy atom. The summed E-state index contributed by atoms with van der Waals surface area (Å²) < 4.78 is 0. The third kappa shape index (κ3) is 3.28. The van der Waals surface area contributed by atoms with Crippen LogP contribution in [-0.2, 0) is 4.79 Å². The number of urea groups is 1. The van der Waals surface area contributed by atoms with Crippen LogP contribution in [-0.4, -0.2) is 53.1 Å². The maximum Gasteiger partial charge on any atom is 0.320 e. The van der Waals surface area contributed by atoms with E-state index in [4.69, 9.17) is 0 Å². The summed E-state index contributed by atoms with van der Waals surface area (Å²) in [5.41, 5.74) is -0.776. The van der Waals surface area contributed by atoms with Crippen LogP contribution in [0.2, 0.25) is 0 Å². The average molecular weight is 268 g/mol. The topological polar surface area (TPSA) is 60.9 Å². The number of carbonyl (C=O) groups is 2. The smallest absolute Gasteiger partial charge is 0.320 e. The molecular weight excluding hydrogens is 244 g/mol. The Morgan fingerprint density at radius 3 is 2.63 bits per heavy atom. The molecule has 5 nitrogen and oxygen atoms in total. The zero-order valence-electron chi connectivity index (χ0n) is 11.9. The van der Waals surface area contributed by atoms with Gasteiger partial charge in [0, 0.05) is 26.2 Å². The Morgan fingerprint density at radius 2 is 2.16 bits per heavy atom. The zero-order chi connectivity index (χ0) is 14.5. The Kier molecular flexibility index (Phi) is 5.39. The van der Waals surface area contributed by atoms with Gasteiger partial charge in [0.15, 0.2) is 0 Å². The average Bonchev–Trinajstić information content (AvgIpc) is 2.43. The van der Waals surface area contributed by atoms with Gasteiger partial charge in [-0.25, -0.2) is 4.79 Å². The zero-order valence-corrected chi connectivity index (χ0v) is 11.9. The van der Waals surface area contributed by atoms with E-state index in [1.54, 1.807) is 15.9 Å². The lowest BCUT2D eigenvalue weighted by Crippen LogP contribution is -2.53. The van der Waals surface area contributed by atoms with Gasteiger partial charge in [0.05, 0.1) is 5.41 Å². The number of nitrogens with zero attached hydrogens (tertiary/aromatic N) is 2. The van der Waals surface area contributed by atoms with Gasteiger partial charge < -0.3 is 14.9 Å². The highest BCUT2D eigenvalue weighted by Crippen LogP contribution is 2.34. The standard InChI is InChI=1S/C14H24N2O3/c1-4-9-15(6-3)13(19)16-10-7-8-14(5-2,11-16)12(17)18/h4H,1,5-11H2,2-3H3,(H,17,18). The number of rotatable bonds is 5. The van der Waals surface area contributed by atoms with Gasteiger partial charge in [-0.2, -0.15) is 0 Å². The molecule has 1 rings (SSSR count). The van der Waals surface area contributed by atoms with Crippen molar-refractivity contribution in [1.82, 2.24) is 9.80 Å². The number of carbonyl (C=O) groups excluding carboxylic acids is 1. The molecule has 0 aromatic rings. The van der Waals surface area contributed by atoms with Crippen molar-refractivity contribution >= 4 is 12.0 Å². The largest absolute Gasteiger partial charge is 0.481 e. The van der Waals surface area contributed by atoms with Crippen LogP contribution in [0.25, 0.3) is 0 Å². The summed E-state index contributed by atoms with van der Waals surface area (Å²) in [5, 5.41) is 9.42. The molecule has 1 N–H and O–H groups in total. The van der Waals surface area contributed by atoms with Gasteiger partial charge in [-0.15, -0.1) is 6.58 Å². The molecule has 0 aromatic carbocycles. The maximum absolute atomic E-state index is 12.4. The first-order valence-electron chi connectivity index (χ1n) is 6.89. The molecule has 5 heteroatoms. The van der Waals surface area contributed by atoms with Gasteiger partial charge >= 0.3 is 12.0 Å². The Labute approximate surface area is 114 Å². The molecule has 1 fully saturated rings. The highest BCUT2D eigenvalue weighted by molar-refractivity contribution is 5.79. The number of likely N-dealkylation sites (tertiary alicyclic amines) is 1. The van der Waals surface area contributed by atoms with Gasteiger partial charge in [0.1, 0.15) is 0 Å². The van der Waals surface area contributed by atoms with E-state index in [1.165, 1.54) is 0 Å². The quantitative estimate of drug-likeness (QED) is 0.777. The van der Waals surface area contributed by atoms with Crippen LogP contribution in [0.5, 0.6) is 0 Å². The number of likely N-dealkylation sites (N-methyl/N-ethyl adjacent to an activating group) is 1. The normalized spacial score (nSPS) is 22.9. The van der Waals surface area contributed by atoms with E-state index in [9.17, 15) is 14.7 Å². The fourth-order valence-electron chi connectivity index (χ4n) is 2.61. The van der Waals surface area contributed by atoms with Crippen molar-refractivity contribution < 1.29 is 14.7 Å². The summed E-state index contributed by atoms with van der Waals surface area (Å²) in [6.45, 7) is 9.49. The van der Waals surface area contributed by atoms with Crippen LogP contribution in [0, 0.1) is 5.41 Å². The maximum atomic E-state index is 12.4. The van der Waals surface area contributed by atoms with Crippen molar-refractivity contribution in [1.29, 1.82) is 0 Å². The summed E-state index contributed by atoms with van der Waals surface area (Å²) in [5.74, 6) is -0.792. The van der Waals surface area contributed by atoms with E-state index >= 15 is 0 Å². The van der Waals surface area contributed by atoms with Crippen molar-refractivity contribution in [2.24, 2.45) is 5.41 Å². The summed E-state index contributed by atoms with van der Waals surface area (Å²) in [6, 6.07) is -0.0822. The summed E-state index contributed by atoms with van der Waals surface area (Å²) in [4.78, 5) is 27.2. The summed E-state index contributed by atoms with van der Waals surface area (Å²) >= 11 is 0. The van der Waals surface area contributed by atoms with Crippen LogP contribution in [0.15, 0.2) is 12.7 Å². The minimum Gasteiger partial charge on any atom is -0.481 e. The molecule has 1 aliphatic rings. The molecule has 1 saturated heterocycles. The van der Waals surface area contributed by atoms with Crippen LogP contribution in [0.1, 0.15) is 33.1 Å². The van der Waals surface area contributed by atoms with E-state index in [-0.39, 0.29) is 6.03 Å². The van der Waals surface area contributed by atoms with E-state index in [0.29, 0.717) is 39.0 Å². The van der Waals surface area contributed by atoms with Gasteiger partial charge in [-0.1, -0.05) is 13.0 Å². The van der Waals surface area contributed by atoms with E-state index in [1.807, 2.05) is 13.8 Å². The Hall–Kier alpha value is -1.52. The monoisotopic (exact) mass is 268 g/mol. The molecule has 0 aromatic heterocycles. The molecule has 1 unspecified atom stereocenters. The van der Waals surface area contributed by atoms with E-state index in [2.05, 4.69) is 6.58 Å². The highest BCUT2D eigenvalue weighted by atomic mass is 16.4. The number of piperidine rings is 1. The first-order chi connectivity index (χ1) is 9.00. The summed E-state index contributed by atoms with van der Waals surface area (Å²) in [7, 11) is 0. The molecule has 0 radical (unpaired) electrons. The van der Waals surface area contributed by atoms with Gasteiger partial charge in [0.2, 0.25) is 0 Å². The fraction of sp³-hybridized carbons (Fsp3) is 0.714. The number of amides is 2. The number of hydrogen-bond acceptors (Lipinski definition) is 2. The van der Waals surface area contributed by atoms with Gasteiger partial charge in [-0.05, 0) is 26.2 Å². The first kappa shape index (κ1) is 15.5. The van der Waals surface area contributed by atoms with Gasteiger partial charge in [0.25, 0.3) is 0 Å². The predicted molar refractivity (Wildman–Crippen MR) is 74.0 cm³/mol. The SMILES string of the molecule is C=CCN(CC)C(=O)N1CCCC(CC)(C(=O)O)C1. The molecule has 2 amide bonds. The highest BCUT2D eigenvalue weighted by Gasteiger charge is 2.42. The molecule has 0 bridgehead atoms. The van der Waals surface area contributed by atoms with Crippen molar-refractivity contribution in [2.45, 2.75) is 33.1 Å². The molecule has 0 saturated carbocycles. The molecule has 19 heavy (non-hydrogen) atoms. The number of aliphatic carboxylic acids is 1. The lowest BCUT2D eigenvalue weighted by atomic mass is 9.78. The van der Waals surface area contributed by atoms with Gasteiger partial charge in [-0.3, -0.25) is 4.79 Å². The minimum absolute atomic E-state index is 0.0822. The lowest BCUT2D eigenvalue weighted by Gasteiger charge is -2.41. The van der Waals surface area contributed by atoms with E-state index in [0.717, 1.165) is 6.42 Å². The second-order valence-electron chi connectivity index (χ2n) is 5.07. The van der Waals surface area contributed by atoms with Crippen LogP contribution < -0.4 is 0 Å². The second kappa shape index (κ2) is 6.59. The second-order valence-corrected chi connectivity index (χ2v) is 5.07. The fourth-order valence-corrected chi connectivity index (χ4v) is 2.61. The van der Waals surface area contributed by atoms with Crippen LogP contribution in [0.4, 0.5) is 4.79 Å². The molecular formula is C14H24N2O3. The molecule has 0 spiro atoms.